The van der Waals surface area contributed by atoms with Gasteiger partial charge in [0.05, 0.1) is 24.9 Å². The van der Waals surface area contributed by atoms with Gasteiger partial charge in [-0.05, 0) is 29.8 Å². The van der Waals surface area contributed by atoms with Crippen LogP contribution in [0.1, 0.15) is 15.9 Å². The maximum atomic E-state index is 12.1. The van der Waals surface area contributed by atoms with Crippen molar-refractivity contribution in [3.8, 4) is 5.75 Å². The summed E-state index contributed by atoms with van der Waals surface area (Å²) in [5, 5.41) is 0. The zero-order chi connectivity index (χ0) is 15.5. The standard InChI is InChI=1S/C17H15NO4/c1-21-17(20)13-6-4-5-12(9-13)10-18-14-7-2-3-8-15(14)22-11-16(18)19/h2-9H,10-11H2,1H3. The number of esters is 1. The maximum Gasteiger partial charge on any atom is 0.337 e. The van der Waals surface area contributed by atoms with Crippen molar-refractivity contribution >= 4 is 17.6 Å². The number of fused-ring (bicyclic) bond motifs is 1. The van der Waals surface area contributed by atoms with Crippen LogP contribution in [0, 0.1) is 0 Å². The van der Waals surface area contributed by atoms with Gasteiger partial charge in [0.25, 0.3) is 5.91 Å². The summed E-state index contributed by atoms with van der Waals surface area (Å²) < 4.78 is 10.1. The summed E-state index contributed by atoms with van der Waals surface area (Å²) in [6.45, 7) is 0.401. The van der Waals surface area contributed by atoms with Crippen LogP contribution in [0.5, 0.6) is 5.75 Å². The molecular formula is C17H15NO4. The summed E-state index contributed by atoms with van der Waals surface area (Å²) in [5.74, 6) is 0.184. The van der Waals surface area contributed by atoms with E-state index in [1.54, 1.807) is 23.1 Å². The second kappa shape index (κ2) is 5.89. The molecular weight excluding hydrogens is 282 g/mol. The smallest absolute Gasteiger partial charge is 0.337 e. The summed E-state index contributed by atoms with van der Waals surface area (Å²) in [6.07, 6.45) is 0. The minimum absolute atomic E-state index is 0.0215. The third-order valence-electron chi connectivity index (χ3n) is 3.50. The van der Waals surface area contributed by atoms with Gasteiger partial charge in [0.15, 0.2) is 6.61 Å². The van der Waals surface area contributed by atoms with E-state index in [1.165, 1.54) is 7.11 Å². The minimum atomic E-state index is -0.393. The molecule has 5 heteroatoms. The number of nitrogens with zero attached hydrogens (tertiary/aromatic N) is 1. The molecule has 22 heavy (non-hydrogen) atoms. The van der Waals surface area contributed by atoms with Gasteiger partial charge in [0, 0.05) is 0 Å². The van der Waals surface area contributed by atoms with Crippen molar-refractivity contribution in [2.45, 2.75) is 6.54 Å². The third kappa shape index (κ3) is 2.65. The maximum absolute atomic E-state index is 12.1. The number of hydrogen-bond acceptors (Lipinski definition) is 4. The van der Waals surface area contributed by atoms with E-state index in [1.807, 2.05) is 30.3 Å². The van der Waals surface area contributed by atoms with E-state index in [0.29, 0.717) is 17.9 Å². The molecule has 0 saturated carbocycles. The van der Waals surface area contributed by atoms with Gasteiger partial charge in [-0.1, -0.05) is 24.3 Å². The fraction of sp³-hybridized carbons (Fsp3) is 0.176. The van der Waals surface area contributed by atoms with Crippen molar-refractivity contribution in [2.75, 3.05) is 18.6 Å². The summed E-state index contributed by atoms with van der Waals surface area (Å²) in [6, 6.07) is 14.5. The molecule has 2 aromatic carbocycles. The Morgan fingerprint density at radius 1 is 1.23 bits per heavy atom. The second-order valence-electron chi connectivity index (χ2n) is 4.93. The Labute approximate surface area is 128 Å². The number of hydrogen-bond donors (Lipinski definition) is 0. The van der Waals surface area contributed by atoms with Gasteiger partial charge in [0.1, 0.15) is 5.75 Å². The number of anilines is 1. The van der Waals surface area contributed by atoms with Crippen LogP contribution in [0.25, 0.3) is 0 Å². The topological polar surface area (TPSA) is 55.8 Å². The average Bonchev–Trinajstić information content (AvgIpc) is 2.57. The van der Waals surface area contributed by atoms with Crippen LogP contribution in [-0.4, -0.2) is 25.6 Å². The zero-order valence-corrected chi connectivity index (χ0v) is 12.1. The first-order valence-corrected chi connectivity index (χ1v) is 6.88. The van der Waals surface area contributed by atoms with Gasteiger partial charge in [0.2, 0.25) is 0 Å². The molecule has 0 unspecified atom stereocenters. The van der Waals surface area contributed by atoms with Crippen LogP contribution < -0.4 is 9.64 Å². The third-order valence-corrected chi connectivity index (χ3v) is 3.50. The second-order valence-corrected chi connectivity index (χ2v) is 4.93. The quantitative estimate of drug-likeness (QED) is 0.816. The minimum Gasteiger partial charge on any atom is -0.482 e. The summed E-state index contributed by atoms with van der Waals surface area (Å²) in [7, 11) is 1.34. The van der Waals surface area contributed by atoms with Crippen LogP contribution in [0.3, 0.4) is 0 Å². The highest BCUT2D eigenvalue weighted by Crippen LogP contribution is 2.32. The molecule has 0 radical (unpaired) electrons. The molecule has 3 rings (SSSR count). The molecule has 0 atom stereocenters. The number of amides is 1. The van der Waals surface area contributed by atoms with E-state index in [9.17, 15) is 9.59 Å². The molecule has 1 heterocycles. The van der Waals surface area contributed by atoms with Crippen molar-refractivity contribution in [3.63, 3.8) is 0 Å². The lowest BCUT2D eigenvalue weighted by molar-refractivity contribution is -0.121. The lowest BCUT2D eigenvalue weighted by Crippen LogP contribution is -2.38. The van der Waals surface area contributed by atoms with Crippen LogP contribution in [0.4, 0.5) is 5.69 Å². The first-order valence-electron chi connectivity index (χ1n) is 6.88. The molecule has 0 N–H and O–H groups in total. The molecule has 5 nitrogen and oxygen atoms in total. The van der Waals surface area contributed by atoms with Gasteiger partial charge < -0.3 is 14.4 Å². The van der Waals surface area contributed by atoms with E-state index in [2.05, 4.69) is 0 Å². The predicted molar refractivity (Wildman–Crippen MR) is 80.9 cm³/mol. The Morgan fingerprint density at radius 3 is 2.86 bits per heavy atom. The lowest BCUT2D eigenvalue weighted by Gasteiger charge is -2.29. The van der Waals surface area contributed by atoms with Crippen molar-refractivity contribution in [3.05, 3.63) is 59.7 Å². The molecule has 0 saturated heterocycles. The zero-order valence-electron chi connectivity index (χ0n) is 12.1. The van der Waals surface area contributed by atoms with Crippen LogP contribution in [0.15, 0.2) is 48.5 Å². The first-order chi connectivity index (χ1) is 10.7. The number of methoxy groups -OCH3 is 1. The monoisotopic (exact) mass is 297 g/mol. The Morgan fingerprint density at radius 2 is 2.05 bits per heavy atom. The molecule has 0 aromatic heterocycles. The van der Waals surface area contributed by atoms with E-state index in [4.69, 9.17) is 9.47 Å². The largest absolute Gasteiger partial charge is 0.482 e. The molecule has 1 amide bonds. The highest BCUT2D eigenvalue weighted by atomic mass is 16.5. The Kier molecular flexibility index (Phi) is 3.78. The van der Waals surface area contributed by atoms with Crippen LogP contribution >= 0.6 is 0 Å². The molecule has 1 aliphatic heterocycles. The number of rotatable bonds is 3. The Hall–Kier alpha value is -2.82. The summed E-state index contributed by atoms with van der Waals surface area (Å²) in [5.41, 5.74) is 2.06. The molecule has 0 fully saturated rings. The van der Waals surface area contributed by atoms with Crippen LogP contribution in [-0.2, 0) is 16.1 Å². The normalized spacial score (nSPS) is 13.3. The van der Waals surface area contributed by atoms with E-state index in [0.717, 1.165) is 11.3 Å². The predicted octanol–water partition coefficient (Wildman–Crippen LogP) is 2.40. The van der Waals surface area contributed by atoms with Gasteiger partial charge in [-0.15, -0.1) is 0 Å². The van der Waals surface area contributed by atoms with Gasteiger partial charge in [-0.3, -0.25) is 4.79 Å². The number of ether oxygens (including phenoxy) is 2. The van der Waals surface area contributed by atoms with Crippen LogP contribution in [0.2, 0.25) is 0 Å². The fourth-order valence-corrected chi connectivity index (χ4v) is 2.42. The number of carbonyl (C=O) groups excluding carboxylic acids is 2. The van der Waals surface area contributed by atoms with Crippen molar-refractivity contribution in [1.82, 2.24) is 0 Å². The van der Waals surface area contributed by atoms with E-state index < -0.39 is 5.97 Å². The lowest BCUT2D eigenvalue weighted by atomic mass is 10.1. The molecule has 0 spiro atoms. The Bertz CT molecular complexity index is 726. The summed E-state index contributed by atoms with van der Waals surface area (Å²) >= 11 is 0. The van der Waals surface area contributed by atoms with Crippen molar-refractivity contribution in [1.29, 1.82) is 0 Å². The highest BCUT2D eigenvalue weighted by molar-refractivity contribution is 5.97. The van der Waals surface area contributed by atoms with Crippen molar-refractivity contribution in [2.24, 2.45) is 0 Å². The fourth-order valence-electron chi connectivity index (χ4n) is 2.42. The number of carbonyl (C=O) groups is 2. The van der Waals surface area contributed by atoms with Gasteiger partial charge in [-0.2, -0.15) is 0 Å². The molecule has 2 aromatic rings. The van der Waals surface area contributed by atoms with Crippen molar-refractivity contribution < 1.29 is 19.1 Å². The molecule has 0 aliphatic carbocycles. The Balaban J connectivity index is 1.90. The van der Waals surface area contributed by atoms with Gasteiger partial charge >= 0.3 is 5.97 Å². The van der Waals surface area contributed by atoms with E-state index in [-0.39, 0.29) is 12.5 Å². The summed E-state index contributed by atoms with van der Waals surface area (Å²) in [4.78, 5) is 25.4. The van der Waals surface area contributed by atoms with E-state index >= 15 is 0 Å². The number of benzene rings is 2. The average molecular weight is 297 g/mol. The highest BCUT2D eigenvalue weighted by Gasteiger charge is 2.25. The number of para-hydroxylation sites is 2. The first kappa shape index (κ1) is 14.1. The molecule has 0 bridgehead atoms. The molecule has 1 aliphatic rings. The molecule has 112 valence electrons. The SMILES string of the molecule is COC(=O)c1cccc(CN2C(=O)COc3ccccc32)c1. The van der Waals surface area contributed by atoms with Gasteiger partial charge in [-0.25, -0.2) is 4.79 Å².